The molecule has 0 amide bonds. The van der Waals surface area contributed by atoms with Crippen molar-refractivity contribution in [3.63, 3.8) is 0 Å². The summed E-state index contributed by atoms with van der Waals surface area (Å²) in [6.07, 6.45) is 1.80. The zero-order valence-electron chi connectivity index (χ0n) is 9.56. The first-order valence-corrected chi connectivity index (χ1v) is 5.12. The van der Waals surface area contributed by atoms with Gasteiger partial charge in [-0.3, -0.25) is 0 Å². The lowest BCUT2D eigenvalue weighted by Gasteiger charge is -2.02. The smallest absolute Gasteiger partial charge is 0.119 e. The largest absolute Gasteiger partial charge is 0.497 e. The number of rotatable bonds is 5. The van der Waals surface area contributed by atoms with Gasteiger partial charge in [0.2, 0.25) is 0 Å². The molecule has 0 saturated heterocycles. The lowest BCUT2D eigenvalue weighted by molar-refractivity contribution is 0.174. The fourth-order valence-electron chi connectivity index (χ4n) is 1.25. The number of methoxy groups -OCH3 is 1. The molecule has 1 aromatic carbocycles. The van der Waals surface area contributed by atoms with Gasteiger partial charge >= 0.3 is 0 Å². The monoisotopic (exact) mass is 217 g/mol. The summed E-state index contributed by atoms with van der Waals surface area (Å²) in [4.78, 5) is 0. The molecule has 0 aliphatic rings. The van der Waals surface area contributed by atoms with Crippen molar-refractivity contribution >= 4 is 6.08 Å². The summed E-state index contributed by atoms with van der Waals surface area (Å²) in [7, 11) is 1.62. The molecule has 0 aliphatic heterocycles. The van der Waals surface area contributed by atoms with Gasteiger partial charge in [-0.05, 0) is 30.7 Å². The van der Waals surface area contributed by atoms with E-state index in [-0.39, 0.29) is 0 Å². The van der Waals surface area contributed by atoms with Gasteiger partial charge in [0.1, 0.15) is 5.75 Å². The highest BCUT2D eigenvalue weighted by Gasteiger charge is 1.97. The van der Waals surface area contributed by atoms with Crippen LogP contribution in [0.1, 0.15) is 12.5 Å². The Morgan fingerprint density at radius 2 is 2.31 bits per heavy atom. The van der Waals surface area contributed by atoms with Gasteiger partial charge in [-0.25, -0.2) is 0 Å². The van der Waals surface area contributed by atoms with Crippen molar-refractivity contribution < 1.29 is 9.47 Å². The van der Waals surface area contributed by atoms with Crippen molar-refractivity contribution in [2.24, 2.45) is 0 Å². The van der Waals surface area contributed by atoms with Crippen molar-refractivity contribution in [1.82, 2.24) is 0 Å². The van der Waals surface area contributed by atoms with E-state index in [0.29, 0.717) is 18.8 Å². The van der Waals surface area contributed by atoms with E-state index in [9.17, 15) is 0 Å². The molecule has 0 heterocycles. The van der Waals surface area contributed by atoms with E-state index in [1.165, 1.54) is 0 Å². The maximum Gasteiger partial charge on any atom is 0.119 e. The van der Waals surface area contributed by atoms with Gasteiger partial charge < -0.3 is 9.47 Å². The number of nitrogens with zero attached hydrogens (tertiary/aromatic N) is 1. The van der Waals surface area contributed by atoms with Crippen LogP contribution in [-0.4, -0.2) is 20.3 Å². The molecule has 1 aromatic rings. The molecular formula is C13H15NO2. The van der Waals surface area contributed by atoms with Crippen molar-refractivity contribution in [3.8, 4) is 11.8 Å². The minimum absolute atomic E-state index is 0.351. The van der Waals surface area contributed by atoms with Crippen LogP contribution in [0.5, 0.6) is 5.75 Å². The average molecular weight is 217 g/mol. The SMILES string of the molecule is CCOC/C(C#N)=C\c1cccc(OC)c1. The maximum atomic E-state index is 8.91. The van der Waals surface area contributed by atoms with Crippen LogP contribution in [0.2, 0.25) is 0 Å². The van der Waals surface area contributed by atoms with Crippen LogP contribution in [0.3, 0.4) is 0 Å². The summed E-state index contributed by atoms with van der Waals surface area (Å²) >= 11 is 0. The van der Waals surface area contributed by atoms with Crippen molar-refractivity contribution in [1.29, 1.82) is 5.26 Å². The molecule has 0 fully saturated rings. The van der Waals surface area contributed by atoms with E-state index in [1.807, 2.05) is 31.2 Å². The molecule has 0 saturated carbocycles. The number of nitriles is 1. The Hall–Kier alpha value is -1.79. The lowest BCUT2D eigenvalue weighted by atomic mass is 10.1. The average Bonchev–Trinajstić information content (AvgIpc) is 2.34. The standard InChI is InChI=1S/C13H15NO2/c1-3-16-10-12(9-14)7-11-5-4-6-13(8-11)15-2/h4-8H,3,10H2,1-2H3/b12-7-. The molecule has 0 radical (unpaired) electrons. The van der Waals surface area contributed by atoms with Gasteiger partial charge in [-0.2, -0.15) is 5.26 Å². The fourth-order valence-corrected chi connectivity index (χ4v) is 1.25. The summed E-state index contributed by atoms with van der Waals surface area (Å²) in [5.74, 6) is 0.780. The summed E-state index contributed by atoms with van der Waals surface area (Å²) in [6.45, 7) is 2.86. The molecule has 3 nitrogen and oxygen atoms in total. The van der Waals surface area contributed by atoms with Gasteiger partial charge in [0.15, 0.2) is 0 Å². The first-order chi connectivity index (χ1) is 7.80. The van der Waals surface area contributed by atoms with E-state index in [4.69, 9.17) is 14.7 Å². The number of ether oxygens (including phenoxy) is 2. The summed E-state index contributed by atoms with van der Waals surface area (Å²) < 4.78 is 10.3. The second-order valence-electron chi connectivity index (χ2n) is 3.20. The quantitative estimate of drug-likeness (QED) is 0.712. The molecule has 16 heavy (non-hydrogen) atoms. The highest BCUT2D eigenvalue weighted by atomic mass is 16.5. The molecule has 3 heteroatoms. The molecule has 1 rings (SSSR count). The van der Waals surface area contributed by atoms with Crippen molar-refractivity contribution in [2.75, 3.05) is 20.3 Å². The Kier molecular flexibility index (Phi) is 5.10. The minimum Gasteiger partial charge on any atom is -0.497 e. The molecule has 0 atom stereocenters. The summed E-state index contributed by atoms with van der Waals surface area (Å²) in [5.41, 5.74) is 1.55. The highest BCUT2D eigenvalue weighted by Crippen LogP contribution is 2.15. The molecule has 0 aromatic heterocycles. The highest BCUT2D eigenvalue weighted by molar-refractivity contribution is 5.58. The van der Waals surface area contributed by atoms with Crippen molar-refractivity contribution in [3.05, 3.63) is 35.4 Å². The number of hydrogen-bond acceptors (Lipinski definition) is 3. The zero-order chi connectivity index (χ0) is 11.8. The predicted molar refractivity (Wildman–Crippen MR) is 63.1 cm³/mol. The maximum absolute atomic E-state index is 8.91. The Balaban J connectivity index is 2.82. The number of hydrogen-bond donors (Lipinski definition) is 0. The predicted octanol–water partition coefficient (Wildman–Crippen LogP) is 2.64. The van der Waals surface area contributed by atoms with Gasteiger partial charge in [-0.15, -0.1) is 0 Å². The summed E-state index contributed by atoms with van der Waals surface area (Å²) in [5, 5.41) is 8.91. The Morgan fingerprint density at radius 1 is 1.50 bits per heavy atom. The minimum atomic E-state index is 0.351. The van der Waals surface area contributed by atoms with Gasteiger partial charge in [-0.1, -0.05) is 12.1 Å². The molecule has 0 unspecified atom stereocenters. The molecule has 0 bridgehead atoms. The van der Waals surface area contributed by atoms with E-state index in [1.54, 1.807) is 13.2 Å². The first kappa shape index (κ1) is 12.3. The normalized spacial score (nSPS) is 10.9. The number of benzene rings is 1. The Morgan fingerprint density at radius 3 is 2.94 bits per heavy atom. The zero-order valence-corrected chi connectivity index (χ0v) is 9.56. The van der Waals surface area contributed by atoms with E-state index in [0.717, 1.165) is 11.3 Å². The summed E-state index contributed by atoms with van der Waals surface area (Å²) in [6, 6.07) is 9.68. The van der Waals surface area contributed by atoms with Crippen LogP contribution in [0.25, 0.3) is 6.08 Å². The van der Waals surface area contributed by atoms with E-state index >= 15 is 0 Å². The van der Waals surface area contributed by atoms with Crippen molar-refractivity contribution in [2.45, 2.75) is 6.92 Å². The molecule has 0 aliphatic carbocycles. The lowest BCUT2D eigenvalue weighted by Crippen LogP contribution is -1.95. The molecule has 0 spiro atoms. The third kappa shape index (κ3) is 3.76. The third-order valence-electron chi connectivity index (χ3n) is 2.04. The molecular weight excluding hydrogens is 202 g/mol. The Bertz CT molecular complexity index is 405. The van der Waals surface area contributed by atoms with E-state index < -0.39 is 0 Å². The molecule has 0 N–H and O–H groups in total. The molecule has 84 valence electrons. The van der Waals surface area contributed by atoms with Gasteiger partial charge in [0, 0.05) is 6.61 Å². The van der Waals surface area contributed by atoms with Crippen LogP contribution in [-0.2, 0) is 4.74 Å². The van der Waals surface area contributed by atoms with Crippen LogP contribution < -0.4 is 4.74 Å². The third-order valence-corrected chi connectivity index (χ3v) is 2.04. The van der Waals surface area contributed by atoms with Crippen LogP contribution in [0, 0.1) is 11.3 Å². The van der Waals surface area contributed by atoms with Gasteiger partial charge in [0.25, 0.3) is 0 Å². The Labute approximate surface area is 95.9 Å². The van der Waals surface area contributed by atoms with Crippen LogP contribution in [0.4, 0.5) is 0 Å². The second-order valence-corrected chi connectivity index (χ2v) is 3.20. The topological polar surface area (TPSA) is 42.2 Å². The van der Waals surface area contributed by atoms with Gasteiger partial charge in [0.05, 0.1) is 25.4 Å². The van der Waals surface area contributed by atoms with E-state index in [2.05, 4.69) is 6.07 Å². The van der Waals surface area contributed by atoms with Crippen LogP contribution >= 0.6 is 0 Å². The van der Waals surface area contributed by atoms with Crippen LogP contribution in [0.15, 0.2) is 29.8 Å². The second kappa shape index (κ2) is 6.65. The fraction of sp³-hybridized carbons (Fsp3) is 0.308. The first-order valence-electron chi connectivity index (χ1n) is 5.12.